The van der Waals surface area contributed by atoms with Gasteiger partial charge in [-0.2, -0.15) is 0 Å². The minimum atomic E-state index is -1.34. The van der Waals surface area contributed by atoms with Gasteiger partial charge in [-0.1, -0.05) is 206 Å². The number of aliphatic carboxylic acids is 4. The summed E-state index contributed by atoms with van der Waals surface area (Å²) in [7, 11) is 0. The number of amides is 4. The molecule has 19 heteroatoms. The predicted octanol–water partition coefficient (Wildman–Crippen LogP) is 7.93. The third kappa shape index (κ3) is 47.8. The Morgan fingerprint density at radius 2 is 0.587 bits per heavy atom. The summed E-state index contributed by atoms with van der Waals surface area (Å²) >= 11 is 0. The number of hydrogen-bond acceptors (Lipinski definition) is 11. The van der Waals surface area contributed by atoms with Crippen molar-refractivity contribution in [2.75, 3.05) is 91.6 Å². The molecule has 0 unspecified atom stereocenters. The van der Waals surface area contributed by atoms with Crippen molar-refractivity contribution in [3.63, 3.8) is 0 Å². The van der Waals surface area contributed by atoms with E-state index in [1.165, 1.54) is 172 Å². The standard InChI is InChI=1S/C56H105N7O12/c1-3-5-7-9-11-13-15-17-19-21-23-25-27-29-31-33-35-62(36-34-32-30-28-26-24-22-20-18-16-14-12-10-8-6-4-2)52(67)44-59-50(65)42-58-49(64)41-57-43-51(66)63(48-56(74)75)40-39-60(45-53(68)69)37-38-61(46-54(70)71)47-55(72)73/h57H,3-48H2,1-2H3,(H,58,64)(H,59,65)(H,68,69)(H,70,71)(H,72,73)(H,74,75). The SMILES string of the molecule is CCCCCCCCCCCCCCCCCCN(CCCCCCCCCCCCCCCCCC)C(=O)CNC(=O)CNC(=O)CNCC(=O)N(CCN(CCN(CC(=O)O)CC(=O)O)CC(=O)O)CC(=O)O. The van der Waals surface area contributed by atoms with Gasteiger partial charge in [0.05, 0.1) is 45.8 Å². The van der Waals surface area contributed by atoms with Crippen LogP contribution in [0.2, 0.25) is 0 Å². The second kappa shape index (κ2) is 50.5. The quantitative estimate of drug-likeness (QED) is 0.0285. The van der Waals surface area contributed by atoms with Crippen LogP contribution in [0, 0.1) is 0 Å². The molecule has 0 aliphatic heterocycles. The zero-order chi connectivity index (χ0) is 55.6. The number of carbonyl (C=O) groups excluding carboxylic acids is 4. The van der Waals surface area contributed by atoms with Gasteiger partial charge in [-0.15, -0.1) is 0 Å². The number of carbonyl (C=O) groups is 8. The van der Waals surface area contributed by atoms with E-state index in [0.29, 0.717) is 13.1 Å². The van der Waals surface area contributed by atoms with Crippen LogP contribution in [0.3, 0.4) is 0 Å². The van der Waals surface area contributed by atoms with Crippen molar-refractivity contribution in [2.45, 2.75) is 219 Å². The molecule has 0 aliphatic rings. The van der Waals surface area contributed by atoms with Crippen LogP contribution in [-0.2, 0) is 38.4 Å². The topological polar surface area (TPSA) is 267 Å². The Hall–Kier alpha value is -4.36. The number of carboxylic acids is 4. The summed E-state index contributed by atoms with van der Waals surface area (Å²) in [6.07, 6.45) is 40.7. The van der Waals surface area contributed by atoms with Crippen LogP contribution in [0.5, 0.6) is 0 Å². The minimum absolute atomic E-state index is 0.0838. The summed E-state index contributed by atoms with van der Waals surface area (Å²) in [6, 6.07) is 0. The lowest BCUT2D eigenvalue weighted by atomic mass is 10.0. The van der Waals surface area contributed by atoms with E-state index in [1.54, 1.807) is 0 Å². The van der Waals surface area contributed by atoms with Gasteiger partial charge in [-0.3, -0.25) is 53.5 Å². The first kappa shape index (κ1) is 70.6. The molecule has 0 fully saturated rings. The van der Waals surface area contributed by atoms with Crippen molar-refractivity contribution in [1.82, 2.24) is 35.6 Å². The lowest BCUT2D eigenvalue weighted by Crippen LogP contribution is -2.48. The summed E-state index contributed by atoms with van der Waals surface area (Å²) in [4.78, 5) is 102. The molecule has 0 spiro atoms. The van der Waals surface area contributed by atoms with Crippen LogP contribution in [0.15, 0.2) is 0 Å². The molecule has 0 bridgehead atoms. The van der Waals surface area contributed by atoms with E-state index >= 15 is 0 Å². The lowest BCUT2D eigenvalue weighted by Gasteiger charge is -2.28. The van der Waals surface area contributed by atoms with E-state index in [2.05, 4.69) is 29.8 Å². The Morgan fingerprint density at radius 3 is 0.960 bits per heavy atom. The Bertz CT molecular complexity index is 1470. The van der Waals surface area contributed by atoms with Crippen LogP contribution >= 0.6 is 0 Å². The smallest absolute Gasteiger partial charge is 0.323 e. The molecule has 0 aromatic carbocycles. The number of nitrogens with zero attached hydrogens (tertiary/aromatic N) is 4. The lowest BCUT2D eigenvalue weighted by molar-refractivity contribution is -0.144. The molecule has 0 atom stereocenters. The number of hydrogen-bond donors (Lipinski definition) is 7. The molecule has 0 aromatic rings. The van der Waals surface area contributed by atoms with E-state index in [9.17, 15) is 48.6 Å². The molecule has 7 N–H and O–H groups in total. The number of rotatable bonds is 56. The Kier molecular flexibility index (Phi) is 47.5. The molecule has 0 rings (SSSR count). The zero-order valence-electron chi connectivity index (χ0n) is 46.9. The Balaban J connectivity index is 4.88. The molecule has 0 aliphatic carbocycles. The highest BCUT2D eigenvalue weighted by Gasteiger charge is 2.21. The fraction of sp³-hybridized carbons (Fsp3) is 0.857. The first-order chi connectivity index (χ1) is 36.2. The highest BCUT2D eigenvalue weighted by molar-refractivity contribution is 5.89. The van der Waals surface area contributed by atoms with Crippen LogP contribution < -0.4 is 16.0 Å². The number of unbranched alkanes of at least 4 members (excludes halogenated alkanes) is 30. The average Bonchev–Trinajstić information content (AvgIpc) is 3.35. The third-order valence-corrected chi connectivity index (χ3v) is 13.5. The normalized spacial score (nSPS) is 11.3. The second-order valence-electron chi connectivity index (χ2n) is 20.5. The fourth-order valence-electron chi connectivity index (χ4n) is 9.11. The average molecular weight is 1070 g/mol. The largest absolute Gasteiger partial charge is 0.480 e. The highest BCUT2D eigenvalue weighted by Crippen LogP contribution is 2.16. The number of carboxylic acid groups (broad SMARTS) is 4. The maximum atomic E-state index is 13.4. The molecule has 19 nitrogen and oxygen atoms in total. The fourth-order valence-corrected chi connectivity index (χ4v) is 9.11. The van der Waals surface area contributed by atoms with Gasteiger partial charge in [0, 0.05) is 39.3 Å². The summed E-state index contributed by atoms with van der Waals surface area (Å²) in [5.41, 5.74) is 0. The van der Waals surface area contributed by atoms with Gasteiger partial charge >= 0.3 is 23.9 Å². The van der Waals surface area contributed by atoms with Gasteiger partial charge in [0.15, 0.2) is 0 Å². The molecule has 0 radical (unpaired) electrons. The Morgan fingerprint density at radius 1 is 0.293 bits per heavy atom. The molecule has 0 aromatic heterocycles. The van der Waals surface area contributed by atoms with Gasteiger partial charge in [0.2, 0.25) is 23.6 Å². The van der Waals surface area contributed by atoms with Crippen LogP contribution in [-0.4, -0.2) is 179 Å². The van der Waals surface area contributed by atoms with E-state index in [0.717, 1.165) is 48.3 Å². The van der Waals surface area contributed by atoms with Gasteiger partial charge in [0.1, 0.15) is 6.54 Å². The molecule has 0 saturated heterocycles. The first-order valence-corrected chi connectivity index (χ1v) is 29.3. The molecule has 75 heavy (non-hydrogen) atoms. The first-order valence-electron chi connectivity index (χ1n) is 29.3. The molecular weight excluding hydrogens is 963 g/mol. The summed E-state index contributed by atoms with van der Waals surface area (Å²) in [5, 5.41) is 44.7. The van der Waals surface area contributed by atoms with Crippen molar-refractivity contribution in [1.29, 1.82) is 0 Å². The molecule has 0 saturated carbocycles. The van der Waals surface area contributed by atoms with Crippen LogP contribution in [0.1, 0.15) is 219 Å². The monoisotopic (exact) mass is 1070 g/mol. The molecular formula is C56H105N7O12. The van der Waals surface area contributed by atoms with Crippen molar-refractivity contribution in [2.24, 2.45) is 0 Å². The van der Waals surface area contributed by atoms with Gasteiger partial charge in [-0.05, 0) is 12.8 Å². The maximum Gasteiger partial charge on any atom is 0.323 e. The second-order valence-corrected chi connectivity index (χ2v) is 20.5. The van der Waals surface area contributed by atoms with Crippen molar-refractivity contribution >= 4 is 47.5 Å². The van der Waals surface area contributed by atoms with E-state index in [1.807, 2.05) is 4.90 Å². The van der Waals surface area contributed by atoms with E-state index < -0.39 is 80.9 Å². The molecule has 0 heterocycles. The highest BCUT2D eigenvalue weighted by atomic mass is 16.4. The number of nitrogens with one attached hydrogen (secondary N) is 3. The summed E-state index contributed by atoms with van der Waals surface area (Å²) in [5.74, 6) is -7.18. The van der Waals surface area contributed by atoms with E-state index in [-0.39, 0.29) is 45.2 Å². The molecule has 4 amide bonds. The predicted molar refractivity (Wildman–Crippen MR) is 295 cm³/mol. The van der Waals surface area contributed by atoms with Crippen LogP contribution in [0.4, 0.5) is 0 Å². The van der Waals surface area contributed by atoms with Crippen molar-refractivity contribution < 1.29 is 58.8 Å². The zero-order valence-corrected chi connectivity index (χ0v) is 46.9. The molecule has 436 valence electrons. The van der Waals surface area contributed by atoms with Crippen molar-refractivity contribution in [3.05, 3.63) is 0 Å². The van der Waals surface area contributed by atoms with Gasteiger partial charge < -0.3 is 40.9 Å². The van der Waals surface area contributed by atoms with Crippen molar-refractivity contribution in [3.8, 4) is 0 Å². The maximum absolute atomic E-state index is 13.4. The van der Waals surface area contributed by atoms with Gasteiger partial charge in [-0.25, -0.2) is 0 Å². The van der Waals surface area contributed by atoms with Crippen LogP contribution in [0.25, 0.3) is 0 Å². The minimum Gasteiger partial charge on any atom is -0.480 e. The summed E-state index contributed by atoms with van der Waals surface area (Å²) in [6.45, 7) is 1.31. The Labute approximate surface area is 451 Å². The summed E-state index contributed by atoms with van der Waals surface area (Å²) < 4.78 is 0. The van der Waals surface area contributed by atoms with Gasteiger partial charge in [0.25, 0.3) is 0 Å². The van der Waals surface area contributed by atoms with E-state index in [4.69, 9.17) is 10.2 Å². The third-order valence-electron chi connectivity index (χ3n) is 13.5.